The van der Waals surface area contributed by atoms with Gasteiger partial charge in [-0.2, -0.15) is 0 Å². The quantitative estimate of drug-likeness (QED) is 0.413. The number of rotatable bonds is 9. The molecule has 0 saturated carbocycles. The van der Waals surface area contributed by atoms with Gasteiger partial charge in [-0.15, -0.1) is 0 Å². The Hall–Kier alpha value is -2.66. The zero-order chi connectivity index (χ0) is 21.2. The fourth-order valence-corrected chi connectivity index (χ4v) is 4.16. The van der Waals surface area contributed by atoms with Crippen LogP contribution in [0.5, 0.6) is 0 Å². The van der Waals surface area contributed by atoms with E-state index in [-0.39, 0.29) is 11.8 Å². The summed E-state index contributed by atoms with van der Waals surface area (Å²) >= 11 is 0. The van der Waals surface area contributed by atoms with Gasteiger partial charge in [-0.25, -0.2) is 4.79 Å². The van der Waals surface area contributed by atoms with Gasteiger partial charge in [0, 0.05) is 23.8 Å². The summed E-state index contributed by atoms with van der Waals surface area (Å²) in [5.41, 5.74) is 2.67. The third-order valence-electron chi connectivity index (χ3n) is 5.76. The van der Waals surface area contributed by atoms with Crippen LogP contribution in [0.25, 0.3) is 0 Å². The molecule has 2 amide bonds. The molecule has 0 bridgehead atoms. The Morgan fingerprint density at radius 3 is 2.70 bits per heavy atom. The van der Waals surface area contributed by atoms with Crippen molar-refractivity contribution in [3.8, 4) is 0 Å². The lowest BCUT2D eigenvalue weighted by atomic mass is 9.85. The van der Waals surface area contributed by atoms with Gasteiger partial charge in [0.1, 0.15) is 0 Å². The summed E-state index contributed by atoms with van der Waals surface area (Å²) in [5, 5.41) is 9.35. The van der Waals surface area contributed by atoms with Gasteiger partial charge >= 0.3 is 6.03 Å². The van der Waals surface area contributed by atoms with Crippen LogP contribution in [0.1, 0.15) is 54.9 Å². The normalized spacial score (nSPS) is 18.6. The molecule has 1 heterocycles. The summed E-state index contributed by atoms with van der Waals surface area (Å²) < 4.78 is 0. The smallest absolute Gasteiger partial charge is 0.319 e. The number of carbonyl (C=O) groups excluding carboxylic acids is 2. The number of unbranched alkanes of at least 4 members (excludes halogenated alkanes) is 1. The highest BCUT2D eigenvalue weighted by atomic mass is 16.2. The number of amides is 2. The lowest BCUT2D eigenvalue weighted by Crippen LogP contribution is -2.38. The highest BCUT2D eigenvalue weighted by molar-refractivity contribution is 5.96. The Labute approximate surface area is 179 Å². The molecule has 1 fully saturated rings. The molecule has 5 heteroatoms. The molecule has 0 aromatic heterocycles. The zero-order valence-corrected chi connectivity index (χ0v) is 17.8. The molecule has 1 saturated heterocycles. The second-order valence-corrected chi connectivity index (χ2v) is 8.24. The van der Waals surface area contributed by atoms with Gasteiger partial charge in [-0.1, -0.05) is 48.9 Å². The monoisotopic (exact) mass is 407 g/mol. The van der Waals surface area contributed by atoms with Crippen LogP contribution >= 0.6 is 0 Å². The maximum absolute atomic E-state index is 12.1. The number of carbonyl (C=O) groups is 2. The molecule has 30 heavy (non-hydrogen) atoms. The van der Waals surface area contributed by atoms with Crippen LogP contribution in [0.3, 0.4) is 0 Å². The van der Waals surface area contributed by atoms with Crippen LogP contribution in [-0.4, -0.2) is 30.9 Å². The maximum Gasteiger partial charge on any atom is 0.319 e. The van der Waals surface area contributed by atoms with Crippen LogP contribution in [-0.2, 0) is 6.42 Å². The minimum atomic E-state index is -0.227. The number of piperidine rings is 1. The van der Waals surface area contributed by atoms with E-state index in [9.17, 15) is 9.59 Å². The van der Waals surface area contributed by atoms with Crippen molar-refractivity contribution in [2.45, 2.75) is 51.5 Å². The summed E-state index contributed by atoms with van der Waals surface area (Å²) in [6.07, 6.45) is 6.85. The van der Waals surface area contributed by atoms with Gasteiger partial charge in [0.2, 0.25) is 0 Å². The van der Waals surface area contributed by atoms with Gasteiger partial charge in [-0.05, 0) is 69.2 Å². The summed E-state index contributed by atoms with van der Waals surface area (Å²) in [6.45, 7) is 3.27. The molecule has 0 unspecified atom stereocenters. The van der Waals surface area contributed by atoms with Gasteiger partial charge in [0.25, 0.3) is 0 Å². The predicted octanol–water partition coefficient (Wildman–Crippen LogP) is 4.79. The highest BCUT2D eigenvalue weighted by Crippen LogP contribution is 2.23. The lowest BCUT2D eigenvalue weighted by Gasteiger charge is -2.30. The van der Waals surface area contributed by atoms with Crippen LogP contribution < -0.4 is 16.0 Å². The summed E-state index contributed by atoms with van der Waals surface area (Å²) in [7, 11) is 0. The average molecular weight is 408 g/mol. The van der Waals surface area contributed by atoms with Crippen LogP contribution in [0.4, 0.5) is 10.5 Å². The van der Waals surface area contributed by atoms with E-state index in [0.717, 1.165) is 31.7 Å². The predicted molar refractivity (Wildman–Crippen MR) is 122 cm³/mol. The van der Waals surface area contributed by atoms with Crippen molar-refractivity contribution in [1.82, 2.24) is 10.6 Å². The number of ketones is 1. The average Bonchev–Trinajstić information content (AvgIpc) is 2.75. The first-order valence-electron chi connectivity index (χ1n) is 11.0. The molecule has 2 aromatic rings. The van der Waals surface area contributed by atoms with Crippen molar-refractivity contribution in [1.29, 1.82) is 0 Å². The van der Waals surface area contributed by atoms with E-state index in [2.05, 4.69) is 46.3 Å². The molecule has 160 valence electrons. The lowest BCUT2D eigenvalue weighted by molar-refractivity contribution is 0.101. The number of benzene rings is 2. The molecule has 3 rings (SSSR count). The van der Waals surface area contributed by atoms with Crippen molar-refractivity contribution in [2.75, 3.05) is 18.4 Å². The standard InChI is InChI=1S/C25H33N3O2/c1-19(29)22-10-7-12-24(18-22)28-25(30)27-14-6-5-11-23-17-21(13-15-26-23)16-20-8-3-2-4-9-20/h2-4,7-10,12,18,21,23,26H,5-6,11,13-17H2,1H3,(H2,27,28,30)/t21-,23-/m1/s1. The Bertz CT molecular complexity index is 822. The Morgan fingerprint density at radius 2 is 1.90 bits per heavy atom. The second-order valence-electron chi connectivity index (χ2n) is 8.24. The minimum Gasteiger partial charge on any atom is -0.338 e. The van der Waals surface area contributed by atoms with Crippen molar-refractivity contribution < 1.29 is 9.59 Å². The largest absolute Gasteiger partial charge is 0.338 e. The molecule has 2 atom stereocenters. The Morgan fingerprint density at radius 1 is 1.07 bits per heavy atom. The van der Waals surface area contributed by atoms with Gasteiger partial charge in [-0.3, -0.25) is 4.79 Å². The fourth-order valence-electron chi connectivity index (χ4n) is 4.16. The van der Waals surface area contributed by atoms with E-state index in [1.807, 2.05) is 0 Å². The van der Waals surface area contributed by atoms with Gasteiger partial charge in [0.05, 0.1) is 0 Å². The first-order chi connectivity index (χ1) is 14.6. The zero-order valence-electron chi connectivity index (χ0n) is 17.8. The molecular weight excluding hydrogens is 374 g/mol. The van der Waals surface area contributed by atoms with Crippen LogP contribution in [0.2, 0.25) is 0 Å². The van der Waals surface area contributed by atoms with Crippen LogP contribution in [0, 0.1) is 5.92 Å². The third-order valence-corrected chi connectivity index (χ3v) is 5.76. The molecule has 0 aliphatic carbocycles. The minimum absolute atomic E-state index is 0.0126. The van der Waals surface area contributed by atoms with Crippen molar-refractivity contribution in [3.63, 3.8) is 0 Å². The molecule has 3 N–H and O–H groups in total. The molecule has 1 aliphatic heterocycles. The van der Waals surface area contributed by atoms with Crippen molar-refractivity contribution in [2.24, 2.45) is 5.92 Å². The van der Waals surface area contributed by atoms with E-state index in [4.69, 9.17) is 0 Å². The van der Waals surface area contributed by atoms with Crippen molar-refractivity contribution >= 4 is 17.5 Å². The Kier molecular flexibility index (Phi) is 8.45. The first kappa shape index (κ1) is 22.0. The summed E-state index contributed by atoms with van der Waals surface area (Å²) in [4.78, 5) is 23.5. The number of nitrogens with one attached hydrogen (secondary N) is 3. The number of hydrogen-bond donors (Lipinski definition) is 3. The number of hydrogen-bond acceptors (Lipinski definition) is 3. The molecule has 0 spiro atoms. The molecular formula is C25H33N3O2. The van der Waals surface area contributed by atoms with Gasteiger partial charge < -0.3 is 16.0 Å². The van der Waals surface area contributed by atoms with Gasteiger partial charge in [0.15, 0.2) is 5.78 Å². The molecule has 1 aliphatic rings. The van der Waals surface area contributed by atoms with E-state index in [1.165, 1.54) is 31.7 Å². The molecule has 5 nitrogen and oxygen atoms in total. The summed E-state index contributed by atoms with van der Waals surface area (Å²) in [5.74, 6) is 0.745. The number of Topliss-reactive ketones (excluding diaryl/α,β-unsaturated/α-hetero) is 1. The van der Waals surface area contributed by atoms with Crippen LogP contribution in [0.15, 0.2) is 54.6 Å². The SMILES string of the molecule is CC(=O)c1cccc(NC(=O)NCCCC[C@@H]2C[C@@H](Cc3ccccc3)CCN2)c1. The van der Waals surface area contributed by atoms with E-state index >= 15 is 0 Å². The first-order valence-corrected chi connectivity index (χ1v) is 11.0. The fraction of sp³-hybridized carbons (Fsp3) is 0.440. The second kappa shape index (κ2) is 11.5. The number of anilines is 1. The summed E-state index contributed by atoms with van der Waals surface area (Å²) in [6, 6.07) is 18.1. The molecule has 2 aromatic carbocycles. The number of urea groups is 1. The van der Waals surface area contributed by atoms with E-state index in [1.54, 1.807) is 24.3 Å². The highest BCUT2D eigenvalue weighted by Gasteiger charge is 2.21. The van der Waals surface area contributed by atoms with Crippen molar-refractivity contribution in [3.05, 3.63) is 65.7 Å². The topological polar surface area (TPSA) is 70.2 Å². The van der Waals surface area contributed by atoms with E-state index < -0.39 is 0 Å². The molecule has 0 radical (unpaired) electrons. The maximum atomic E-state index is 12.1. The van der Waals surface area contributed by atoms with E-state index in [0.29, 0.717) is 23.8 Å². The Balaban J connectivity index is 1.30. The third kappa shape index (κ3) is 7.30.